The highest BCUT2D eigenvalue weighted by Gasteiger charge is 2.36. The van der Waals surface area contributed by atoms with Crippen molar-refractivity contribution >= 4 is 23.7 Å². The highest BCUT2D eigenvalue weighted by molar-refractivity contribution is 5.94. The van der Waals surface area contributed by atoms with Gasteiger partial charge in [-0.15, -0.1) is 0 Å². The number of likely N-dealkylation sites (tertiary alicyclic amines) is 1. The molecule has 1 heterocycles. The van der Waals surface area contributed by atoms with Crippen LogP contribution in [-0.2, 0) is 25.6 Å². The highest BCUT2D eigenvalue weighted by Crippen LogP contribution is 2.18. The normalized spacial score (nSPS) is 18.5. The van der Waals surface area contributed by atoms with Crippen LogP contribution in [0.3, 0.4) is 0 Å². The molecule has 176 valence electrons. The molecule has 0 aliphatic carbocycles. The number of rotatable bonds is 10. The maximum atomic E-state index is 13.0. The van der Waals surface area contributed by atoms with E-state index < -0.39 is 35.9 Å². The van der Waals surface area contributed by atoms with Crippen LogP contribution in [0.25, 0.3) is 0 Å². The van der Waals surface area contributed by atoms with Crippen molar-refractivity contribution in [3.8, 4) is 5.75 Å². The molecule has 4 unspecified atom stereocenters. The molecule has 1 aliphatic heterocycles. The van der Waals surface area contributed by atoms with E-state index in [1.54, 1.807) is 19.1 Å². The van der Waals surface area contributed by atoms with Gasteiger partial charge in [0.25, 0.3) is 0 Å². The Morgan fingerprint density at radius 2 is 1.84 bits per heavy atom. The molecule has 1 saturated heterocycles. The van der Waals surface area contributed by atoms with Crippen molar-refractivity contribution in [2.45, 2.75) is 57.7 Å². The van der Waals surface area contributed by atoms with Crippen molar-refractivity contribution < 1.29 is 29.4 Å². The fraction of sp³-hybridized carbons (Fsp3) is 0.545. The smallest absolute Gasteiger partial charge is 0.326 e. The number of amides is 3. The fourth-order valence-electron chi connectivity index (χ4n) is 3.74. The van der Waals surface area contributed by atoms with E-state index in [4.69, 9.17) is 5.73 Å². The van der Waals surface area contributed by atoms with Crippen LogP contribution in [0.2, 0.25) is 0 Å². The number of phenolic OH excluding ortho intramolecular Hbond substituents is 1. The summed E-state index contributed by atoms with van der Waals surface area (Å²) in [5.74, 6) is -2.87. The number of hydrogen-bond acceptors (Lipinski definition) is 6. The Labute approximate surface area is 187 Å². The number of aromatic hydroxyl groups is 1. The minimum Gasteiger partial charge on any atom is -0.508 e. The van der Waals surface area contributed by atoms with Crippen LogP contribution in [0.1, 0.15) is 38.7 Å². The van der Waals surface area contributed by atoms with Crippen molar-refractivity contribution in [1.29, 1.82) is 0 Å². The summed E-state index contributed by atoms with van der Waals surface area (Å²) in [5, 5.41) is 24.2. The van der Waals surface area contributed by atoms with Crippen molar-refractivity contribution in [1.82, 2.24) is 15.5 Å². The molecule has 10 nitrogen and oxygen atoms in total. The molecule has 4 atom stereocenters. The average molecular weight is 449 g/mol. The number of nitrogens with one attached hydrogen (secondary N) is 2. The third-order valence-corrected chi connectivity index (χ3v) is 5.84. The van der Waals surface area contributed by atoms with Crippen LogP contribution < -0.4 is 16.4 Å². The van der Waals surface area contributed by atoms with Crippen LogP contribution in [0.15, 0.2) is 24.3 Å². The molecular formula is C22H32N4O6. The Kier molecular flexibility index (Phi) is 9.01. The van der Waals surface area contributed by atoms with Crippen LogP contribution in [0, 0.1) is 5.92 Å². The number of carboxylic acids is 1. The fourth-order valence-corrected chi connectivity index (χ4v) is 3.74. The predicted octanol–water partition coefficient (Wildman–Crippen LogP) is -0.0153. The van der Waals surface area contributed by atoms with Crippen LogP contribution in [-0.4, -0.2) is 70.0 Å². The molecule has 2 rings (SSSR count). The van der Waals surface area contributed by atoms with Gasteiger partial charge in [-0.1, -0.05) is 32.4 Å². The van der Waals surface area contributed by atoms with Crippen molar-refractivity contribution in [3.63, 3.8) is 0 Å². The zero-order valence-electron chi connectivity index (χ0n) is 18.4. The molecule has 10 heteroatoms. The summed E-state index contributed by atoms with van der Waals surface area (Å²) in [6, 6.07) is 3.26. The molecule has 1 fully saturated rings. The molecule has 6 N–H and O–H groups in total. The maximum absolute atomic E-state index is 13.0. The number of aliphatic carboxylic acids is 1. The van der Waals surface area contributed by atoms with Gasteiger partial charge < -0.3 is 31.5 Å². The molecule has 0 radical (unpaired) electrons. The monoisotopic (exact) mass is 448 g/mol. The van der Waals surface area contributed by atoms with E-state index in [0.29, 0.717) is 31.4 Å². The number of hydrogen-bond donors (Lipinski definition) is 5. The summed E-state index contributed by atoms with van der Waals surface area (Å²) < 4.78 is 0. The minimum atomic E-state index is -1.15. The second-order valence-corrected chi connectivity index (χ2v) is 8.09. The molecule has 0 spiro atoms. The van der Waals surface area contributed by atoms with Crippen molar-refractivity contribution in [2.75, 3.05) is 13.1 Å². The molecule has 1 aromatic rings. The average Bonchev–Trinajstić information content (AvgIpc) is 3.27. The van der Waals surface area contributed by atoms with E-state index in [9.17, 15) is 29.4 Å². The summed E-state index contributed by atoms with van der Waals surface area (Å²) in [7, 11) is 0. The first-order chi connectivity index (χ1) is 15.2. The lowest BCUT2D eigenvalue weighted by molar-refractivity contribution is -0.144. The quantitative estimate of drug-likeness (QED) is 0.336. The predicted molar refractivity (Wildman–Crippen MR) is 117 cm³/mol. The van der Waals surface area contributed by atoms with E-state index in [1.807, 2.05) is 6.92 Å². The third kappa shape index (κ3) is 6.43. The lowest BCUT2D eigenvalue weighted by Gasteiger charge is -2.27. The molecule has 1 aromatic carbocycles. The number of nitrogens with two attached hydrogens (primary N) is 1. The SMILES string of the molecule is CCC(C)C(NC(=O)C(Cc1ccc(O)cc1)NC(=O)C1CCCN1C(=O)CN)C(=O)O. The van der Waals surface area contributed by atoms with Gasteiger partial charge in [0, 0.05) is 13.0 Å². The lowest BCUT2D eigenvalue weighted by atomic mass is 9.98. The van der Waals surface area contributed by atoms with Gasteiger partial charge in [-0.2, -0.15) is 0 Å². The largest absolute Gasteiger partial charge is 0.508 e. The number of carbonyl (C=O) groups is 4. The highest BCUT2D eigenvalue weighted by atomic mass is 16.4. The van der Waals surface area contributed by atoms with Gasteiger partial charge in [-0.25, -0.2) is 4.79 Å². The van der Waals surface area contributed by atoms with E-state index >= 15 is 0 Å². The molecule has 3 amide bonds. The molecular weight excluding hydrogens is 416 g/mol. The van der Waals surface area contributed by atoms with Crippen molar-refractivity contribution in [2.24, 2.45) is 11.7 Å². The lowest BCUT2D eigenvalue weighted by Crippen LogP contribution is -2.57. The van der Waals surface area contributed by atoms with E-state index in [0.717, 1.165) is 0 Å². The molecule has 0 saturated carbocycles. The number of carbonyl (C=O) groups excluding carboxylic acids is 3. The standard InChI is InChI=1S/C22H32N4O6/c1-3-13(2)19(22(31)32)25-20(29)16(11-14-6-8-15(27)9-7-14)24-21(30)17-5-4-10-26(17)18(28)12-23/h6-9,13,16-17,19,27H,3-5,10-12,23H2,1-2H3,(H,24,30)(H,25,29)(H,31,32). The van der Waals surface area contributed by atoms with Crippen LogP contribution in [0.5, 0.6) is 5.75 Å². The van der Waals surface area contributed by atoms with Crippen LogP contribution in [0.4, 0.5) is 0 Å². The third-order valence-electron chi connectivity index (χ3n) is 5.84. The number of phenols is 1. The second-order valence-electron chi connectivity index (χ2n) is 8.09. The summed E-state index contributed by atoms with van der Waals surface area (Å²) >= 11 is 0. The van der Waals surface area contributed by atoms with Gasteiger partial charge in [0.2, 0.25) is 17.7 Å². The Morgan fingerprint density at radius 1 is 1.19 bits per heavy atom. The Balaban J connectivity index is 2.22. The molecule has 0 bridgehead atoms. The molecule has 0 aromatic heterocycles. The van der Waals surface area contributed by atoms with E-state index in [1.165, 1.54) is 17.0 Å². The van der Waals surface area contributed by atoms with Gasteiger partial charge in [0.15, 0.2) is 0 Å². The summed E-state index contributed by atoms with van der Waals surface area (Å²) in [6.07, 6.45) is 1.73. The number of benzene rings is 1. The topological polar surface area (TPSA) is 162 Å². The molecule has 32 heavy (non-hydrogen) atoms. The number of nitrogens with zero attached hydrogens (tertiary/aromatic N) is 1. The minimum absolute atomic E-state index is 0.0587. The summed E-state index contributed by atoms with van der Waals surface area (Å²) in [5.41, 5.74) is 6.11. The van der Waals surface area contributed by atoms with E-state index in [2.05, 4.69) is 10.6 Å². The van der Waals surface area contributed by atoms with Crippen molar-refractivity contribution in [3.05, 3.63) is 29.8 Å². The first-order valence-corrected chi connectivity index (χ1v) is 10.8. The van der Waals surface area contributed by atoms with Crippen LogP contribution >= 0.6 is 0 Å². The summed E-state index contributed by atoms with van der Waals surface area (Å²) in [4.78, 5) is 51.1. The van der Waals surface area contributed by atoms with Gasteiger partial charge in [-0.3, -0.25) is 14.4 Å². The van der Waals surface area contributed by atoms with Gasteiger partial charge >= 0.3 is 5.97 Å². The number of carboxylic acid groups (broad SMARTS) is 1. The van der Waals surface area contributed by atoms with E-state index in [-0.39, 0.29) is 30.5 Å². The Hall–Kier alpha value is -3.14. The zero-order valence-corrected chi connectivity index (χ0v) is 18.4. The van der Waals surface area contributed by atoms with Gasteiger partial charge in [0.05, 0.1) is 6.54 Å². The van der Waals surface area contributed by atoms with Gasteiger partial charge in [-0.05, 0) is 36.5 Å². The Morgan fingerprint density at radius 3 is 2.41 bits per heavy atom. The Bertz CT molecular complexity index is 828. The van der Waals surface area contributed by atoms with Gasteiger partial charge in [0.1, 0.15) is 23.9 Å². The zero-order chi connectivity index (χ0) is 23.8. The maximum Gasteiger partial charge on any atom is 0.326 e. The second kappa shape index (κ2) is 11.5. The summed E-state index contributed by atoms with van der Waals surface area (Å²) in [6.45, 7) is 3.75. The first kappa shape index (κ1) is 25.1. The molecule has 1 aliphatic rings. The first-order valence-electron chi connectivity index (χ1n) is 10.8.